The number of rotatable bonds is 3. The zero-order chi connectivity index (χ0) is 14.1. The van der Waals surface area contributed by atoms with Gasteiger partial charge in [-0.2, -0.15) is 0 Å². The molecule has 2 aliphatic heterocycles. The van der Waals surface area contributed by atoms with E-state index in [0.717, 1.165) is 37.7 Å². The second-order valence-corrected chi connectivity index (χ2v) is 5.55. The quantitative estimate of drug-likeness (QED) is 0.873. The maximum absolute atomic E-state index is 11.6. The Balaban J connectivity index is 1.68. The minimum absolute atomic E-state index is 0.0583. The lowest BCUT2D eigenvalue weighted by Gasteiger charge is -2.36. The number of carbonyl (C=O) groups is 1. The molecule has 3 heterocycles. The van der Waals surface area contributed by atoms with Crippen LogP contribution in [0.2, 0.25) is 5.02 Å². The second kappa shape index (κ2) is 5.46. The van der Waals surface area contributed by atoms with Crippen LogP contribution in [-0.2, 0) is 6.54 Å². The average Bonchev–Trinajstić information content (AvgIpc) is 2.82. The molecule has 3 rings (SSSR count). The fourth-order valence-corrected chi connectivity index (χ4v) is 2.92. The SMILES string of the molecule is CNc1ccc(Cl)c(CN2CCN3C(=O)NCC3C2)n1. The van der Waals surface area contributed by atoms with Gasteiger partial charge in [-0.3, -0.25) is 4.90 Å². The highest BCUT2D eigenvalue weighted by molar-refractivity contribution is 6.31. The van der Waals surface area contributed by atoms with E-state index in [0.29, 0.717) is 11.6 Å². The molecule has 1 aromatic heterocycles. The molecule has 108 valence electrons. The number of hydrogen-bond acceptors (Lipinski definition) is 4. The van der Waals surface area contributed by atoms with Crippen LogP contribution in [0.3, 0.4) is 0 Å². The first-order chi connectivity index (χ1) is 9.67. The molecular weight excluding hydrogens is 278 g/mol. The summed E-state index contributed by atoms with van der Waals surface area (Å²) >= 11 is 6.21. The van der Waals surface area contributed by atoms with Gasteiger partial charge in [-0.1, -0.05) is 11.6 Å². The van der Waals surface area contributed by atoms with Crippen LogP contribution in [-0.4, -0.2) is 60.1 Å². The summed E-state index contributed by atoms with van der Waals surface area (Å²) in [5.41, 5.74) is 0.879. The van der Waals surface area contributed by atoms with Gasteiger partial charge in [0.25, 0.3) is 0 Å². The summed E-state index contributed by atoms with van der Waals surface area (Å²) in [6.45, 7) is 3.92. The van der Waals surface area contributed by atoms with Crippen molar-refractivity contribution in [2.45, 2.75) is 12.6 Å². The standard InChI is InChI=1S/C13H18ClN5O/c1-15-12-3-2-10(14)11(17-12)8-18-4-5-19-9(7-18)6-16-13(19)20/h2-3,9H,4-8H2,1H3,(H,15,17)(H,16,20). The summed E-state index contributed by atoms with van der Waals surface area (Å²) in [4.78, 5) is 20.3. The van der Waals surface area contributed by atoms with Crippen molar-refractivity contribution in [2.24, 2.45) is 0 Å². The third-order valence-electron chi connectivity index (χ3n) is 3.86. The molecule has 0 spiro atoms. The maximum atomic E-state index is 11.6. The molecule has 0 aromatic carbocycles. The molecule has 1 aromatic rings. The predicted octanol–water partition coefficient (Wildman–Crippen LogP) is 0.986. The van der Waals surface area contributed by atoms with Gasteiger partial charge in [0.05, 0.1) is 16.8 Å². The van der Waals surface area contributed by atoms with Crippen molar-refractivity contribution >= 4 is 23.4 Å². The van der Waals surface area contributed by atoms with Gasteiger partial charge in [0.2, 0.25) is 0 Å². The fraction of sp³-hybridized carbons (Fsp3) is 0.538. The molecular formula is C13H18ClN5O. The van der Waals surface area contributed by atoms with Gasteiger partial charge in [-0.15, -0.1) is 0 Å². The Hall–Kier alpha value is -1.53. The maximum Gasteiger partial charge on any atom is 0.317 e. The minimum Gasteiger partial charge on any atom is -0.373 e. The Bertz CT molecular complexity index is 523. The third kappa shape index (κ3) is 2.53. The molecule has 20 heavy (non-hydrogen) atoms. The number of fused-ring (bicyclic) bond motifs is 1. The number of carbonyl (C=O) groups excluding carboxylic acids is 1. The molecule has 2 N–H and O–H groups in total. The van der Waals surface area contributed by atoms with Crippen LogP contribution < -0.4 is 10.6 Å². The number of nitrogens with one attached hydrogen (secondary N) is 2. The first-order valence-corrected chi connectivity index (χ1v) is 7.15. The molecule has 6 nitrogen and oxygen atoms in total. The van der Waals surface area contributed by atoms with E-state index in [1.807, 2.05) is 24.1 Å². The van der Waals surface area contributed by atoms with E-state index in [2.05, 4.69) is 20.5 Å². The van der Waals surface area contributed by atoms with Crippen LogP contribution in [0.25, 0.3) is 0 Å². The number of piperazine rings is 1. The van der Waals surface area contributed by atoms with E-state index >= 15 is 0 Å². The lowest BCUT2D eigenvalue weighted by atomic mass is 10.2. The summed E-state index contributed by atoms with van der Waals surface area (Å²) in [5, 5.41) is 6.59. The predicted molar refractivity (Wildman–Crippen MR) is 78.0 cm³/mol. The van der Waals surface area contributed by atoms with Crippen molar-refractivity contribution in [3.63, 3.8) is 0 Å². The van der Waals surface area contributed by atoms with E-state index < -0.39 is 0 Å². The Morgan fingerprint density at radius 1 is 1.50 bits per heavy atom. The topological polar surface area (TPSA) is 60.5 Å². The van der Waals surface area contributed by atoms with Crippen LogP contribution in [0.4, 0.5) is 10.6 Å². The number of urea groups is 1. The van der Waals surface area contributed by atoms with Crippen LogP contribution in [0.1, 0.15) is 5.69 Å². The van der Waals surface area contributed by atoms with Gasteiger partial charge >= 0.3 is 6.03 Å². The zero-order valence-corrected chi connectivity index (χ0v) is 12.2. The Kier molecular flexibility index (Phi) is 3.67. The molecule has 2 aliphatic rings. The Morgan fingerprint density at radius 2 is 2.35 bits per heavy atom. The van der Waals surface area contributed by atoms with Crippen molar-refractivity contribution in [3.8, 4) is 0 Å². The lowest BCUT2D eigenvalue weighted by Crippen LogP contribution is -2.51. The van der Waals surface area contributed by atoms with Gasteiger partial charge in [0.15, 0.2) is 0 Å². The van der Waals surface area contributed by atoms with Gasteiger partial charge in [0.1, 0.15) is 5.82 Å². The molecule has 2 saturated heterocycles. The number of pyridine rings is 1. The van der Waals surface area contributed by atoms with Crippen LogP contribution in [0, 0.1) is 0 Å². The molecule has 2 fully saturated rings. The van der Waals surface area contributed by atoms with Gasteiger partial charge < -0.3 is 15.5 Å². The number of amides is 2. The van der Waals surface area contributed by atoms with Crippen molar-refractivity contribution in [3.05, 3.63) is 22.8 Å². The average molecular weight is 296 g/mol. The normalized spacial score (nSPS) is 22.6. The van der Waals surface area contributed by atoms with E-state index in [4.69, 9.17) is 11.6 Å². The zero-order valence-electron chi connectivity index (χ0n) is 11.4. The van der Waals surface area contributed by atoms with E-state index in [1.54, 1.807) is 0 Å². The minimum atomic E-state index is 0.0583. The summed E-state index contributed by atoms with van der Waals surface area (Å²) in [5.74, 6) is 0.820. The summed E-state index contributed by atoms with van der Waals surface area (Å²) in [7, 11) is 1.84. The highest BCUT2D eigenvalue weighted by atomic mass is 35.5. The largest absolute Gasteiger partial charge is 0.373 e. The third-order valence-corrected chi connectivity index (χ3v) is 4.21. The molecule has 0 saturated carbocycles. The van der Waals surface area contributed by atoms with Gasteiger partial charge in [0, 0.05) is 39.8 Å². The monoisotopic (exact) mass is 295 g/mol. The number of nitrogens with zero attached hydrogens (tertiary/aromatic N) is 3. The second-order valence-electron chi connectivity index (χ2n) is 5.14. The van der Waals surface area contributed by atoms with Crippen molar-refractivity contribution in [1.29, 1.82) is 0 Å². The molecule has 0 radical (unpaired) electrons. The van der Waals surface area contributed by atoms with Crippen LogP contribution in [0.5, 0.6) is 0 Å². The first-order valence-electron chi connectivity index (χ1n) is 6.77. The number of anilines is 1. The van der Waals surface area contributed by atoms with Crippen LogP contribution >= 0.6 is 11.6 Å². The Morgan fingerprint density at radius 3 is 3.15 bits per heavy atom. The molecule has 0 bridgehead atoms. The van der Waals surface area contributed by atoms with E-state index in [9.17, 15) is 4.79 Å². The van der Waals surface area contributed by atoms with E-state index in [-0.39, 0.29) is 12.1 Å². The summed E-state index contributed by atoms with van der Waals surface area (Å²) in [6, 6.07) is 4.06. The molecule has 2 amide bonds. The van der Waals surface area contributed by atoms with Crippen molar-refractivity contribution in [1.82, 2.24) is 20.1 Å². The molecule has 1 unspecified atom stereocenters. The fourth-order valence-electron chi connectivity index (χ4n) is 2.76. The highest BCUT2D eigenvalue weighted by Crippen LogP contribution is 2.21. The molecule has 7 heteroatoms. The number of halogens is 1. The Labute approximate surface area is 123 Å². The molecule has 1 atom stereocenters. The first kappa shape index (κ1) is 13.5. The van der Waals surface area contributed by atoms with Crippen molar-refractivity contribution < 1.29 is 4.79 Å². The van der Waals surface area contributed by atoms with Crippen LogP contribution in [0.15, 0.2) is 12.1 Å². The van der Waals surface area contributed by atoms with Gasteiger partial charge in [-0.25, -0.2) is 9.78 Å². The molecule has 0 aliphatic carbocycles. The lowest BCUT2D eigenvalue weighted by molar-refractivity contribution is 0.116. The number of hydrogen-bond donors (Lipinski definition) is 2. The summed E-state index contributed by atoms with van der Waals surface area (Å²) < 4.78 is 0. The van der Waals surface area contributed by atoms with E-state index in [1.165, 1.54) is 0 Å². The number of aromatic nitrogens is 1. The smallest absolute Gasteiger partial charge is 0.317 e. The van der Waals surface area contributed by atoms with Crippen molar-refractivity contribution in [2.75, 3.05) is 38.5 Å². The van der Waals surface area contributed by atoms with Gasteiger partial charge in [-0.05, 0) is 12.1 Å². The summed E-state index contributed by atoms with van der Waals surface area (Å²) in [6.07, 6.45) is 0. The highest BCUT2D eigenvalue weighted by Gasteiger charge is 2.35.